The summed E-state index contributed by atoms with van der Waals surface area (Å²) in [6.07, 6.45) is 19.9. The molecule has 0 aliphatic heterocycles. The van der Waals surface area contributed by atoms with Crippen molar-refractivity contribution in [3.63, 3.8) is 0 Å². The number of carboxylic acid groups (broad SMARTS) is 1. The monoisotopic (exact) mass is 336 g/mol. The highest BCUT2D eigenvalue weighted by Gasteiger charge is 2.14. The lowest BCUT2D eigenvalue weighted by atomic mass is 10.0. The Balaban J connectivity index is 3.65. The van der Waals surface area contributed by atoms with Gasteiger partial charge in [-0.1, -0.05) is 75.1 Å². The number of hydrogen-bond donors (Lipinski definition) is 3. The van der Waals surface area contributed by atoms with Gasteiger partial charge in [0, 0.05) is 6.08 Å². The molecule has 4 nitrogen and oxygen atoms in total. The van der Waals surface area contributed by atoms with E-state index in [-0.39, 0.29) is 0 Å². The molecule has 0 rings (SSSR count). The summed E-state index contributed by atoms with van der Waals surface area (Å²) >= 11 is 0. The summed E-state index contributed by atoms with van der Waals surface area (Å²) in [5.74, 6) is -0.956. The minimum atomic E-state index is -0.956. The fourth-order valence-corrected chi connectivity index (χ4v) is 2.17. The first-order chi connectivity index (χ1) is 11.6. The molecule has 0 aliphatic rings. The molecule has 0 aromatic carbocycles. The van der Waals surface area contributed by atoms with Crippen molar-refractivity contribution in [2.24, 2.45) is 0 Å². The van der Waals surface area contributed by atoms with Crippen LogP contribution in [0.1, 0.15) is 58.3 Å². The highest BCUT2D eigenvalue weighted by molar-refractivity contribution is 5.80. The lowest BCUT2D eigenvalue weighted by molar-refractivity contribution is -0.131. The van der Waals surface area contributed by atoms with E-state index in [1.165, 1.54) is 6.08 Å². The molecule has 0 aliphatic carbocycles. The van der Waals surface area contributed by atoms with Crippen LogP contribution in [0, 0.1) is 0 Å². The molecule has 2 atom stereocenters. The maximum atomic E-state index is 10.2. The first kappa shape index (κ1) is 22.4. The van der Waals surface area contributed by atoms with E-state index in [0.717, 1.165) is 44.6 Å². The molecule has 3 N–H and O–H groups in total. The first-order valence-electron chi connectivity index (χ1n) is 8.83. The third-order valence-electron chi connectivity index (χ3n) is 3.60. The second-order valence-electron chi connectivity index (χ2n) is 5.81. The van der Waals surface area contributed by atoms with Gasteiger partial charge in [0.2, 0.25) is 0 Å². The average molecular weight is 336 g/mol. The lowest BCUT2D eigenvalue weighted by Crippen LogP contribution is -2.25. The van der Waals surface area contributed by atoms with Crippen molar-refractivity contribution in [2.45, 2.75) is 70.5 Å². The summed E-state index contributed by atoms with van der Waals surface area (Å²) in [5, 5.41) is 28.1. The Morgan fingerprint density at radius 1 is 0.833 bits per heavy atom. The van der Waals surface area contributed by atoms with Gasteiger partial charge in [0.1, 0.15) is 0 Å². The summed E-state index contributed by atoms with van der Waals surface area (Å²) in [6, 6.07) is 0. The Morgan fingerprint density at radius 3 is 1.96 bits per heavy atom. The van der Waals surface area contributed by atoms with Gasteiger partial charge in [-0.15, -0.1) is 0 Å². The van der Waals surface area contributed by atoms with Gasteiger partial charge in [-0.3, -0.25) is 0 Å². The Hall–Kier alpha value is -1.65. The summed E-state index contributed by atoms with van der Waals surface area (Å²) in [7, 11) is 0. The molecule has 24 heavy (non-hydrogen) atoms. The van der Waals surface area contributed by atoms with Crippen molar-refractivity contribution >= 4 is 5.97 Å². The minimum absolute atomic E-state index is 0.586. The minimum Gasteiger partial charge on any atom is -0.478 e. The molecular weight excluding hydrogens is 304 g/mol. The number of carbonyl (C=O) groups is 1. The summed E-state index contributed by atoms with van der Waals surface area (Å²) in [5.41, 5.74) is 0. The molecule has 0 saturated heterocycles. The zero-order chi connectivity index (χ0) is 18.0. The fourth-order valence-electron chi connectivity index (χ4n) is 2.17. The van der Waals surface area contributed by atoms with Crippen LogP contribution in [0.4, 0.5) is 0 Å². The number of allylic oxidation sites excluding steroid dienone is 7. The molecule has 4 heteroatoms. The van der Waals surface area contributed by atoms with Crippen molar-refractivity contribution < 1.29 is 20.1 Å². The SMILES string of the molecule is CCCCCC(O)C(O)CCCC/C=C/C=C/C=C/C=C/C(=O)O. The number of aliphatic hydroxyl groups excluding tert-OH is 2. The van der Waals surface area contributed by atoms with Crippen molar-refractivity contribution in [1.29, 1.82) is 0 Å². The van der Waals surface area contributed by atoms with Gasteiger partial charge in [0.05, 0.1) is 12.2 Å². The molecule has 0 heterocycles. The molecular formula is C20H32O4. The quantitative estimate of drug-likeness (QED) is 0.253. The maximum Gasteiger partial charge on any atom is 0.328 e. The van der Waals surface area contributed by atoms with E-state index in [0.29, 0.717) is 12.8 Å². The van der Waals surface area contributed by atoms with Gasteiger partial charge < -0.3 is 15.3 Å². The maximum absolute atomic E-state index is 10.2. The summed E-state index contributed by atoms with van der Waals surface area (Å²) < 4.78 is 0. The summed E-state index contributed by atoms with van der Waals surface area (Å²) in [4.78, 5) is 10.2. The second kappa shape index (κ2) is 16.2. The van der Waals surface area contributed by atoms with E-state index in [2.05, 4.69) is 13.0 Å². The fraction of sp³-hybridized carbons (Fsp3) is 0.550. The van der Waals surface area contributed by atoms with Gasteiger partial charge >= 0.3 is 5.97 Å². The van der Waals surface area contributed by atoms with Crippen LogP contribution >= 0.6 is 0 Å². The highest BCUT2D eigenvalue weighted by atomic mass is 16.4. The van der Waals surface area contributed by atoms with Crippen LogP contribution in [-0.4, -0.2) is 33.5 Å². The number of hydrogen-bond acceptors (Lipinski definition) is 3. The lowest BCUT2D eigenvalue weighted by Gasteiger charge is -2.17. The van der Waals surface area contributed by atoms with Gasteiger partial charge in [-0.2, -0.15) is 0 Å². The van der Waals surface area contributed by atoms with Crippen LogP contribution in [-0.2, 0) is 4.79 Å². The van der Waals surface area contributed by atoms with Crippen LogP contribution in [0.25, 0.3) is 0 Å². The molecule has 136 valence electrons. The van der Waals surface area contributed by atoms with E-state index < -0.39 is 18.2 Å². The van der Waals surface area contributed by atoms with Gasteiger partial charge in [0.25, 0.3) is 0 Å². The van der Waals surface area contributed by atoms with E-state index >= 15 is 0 Å². The van der Waals surface area contributed by atoms with Gasteiger partial charge in [-0.05, 0) is 25.7 Å². The molecule has 0 aromatic heterocycles. The Kier molecular flexibility index (Phi) is 15.1. The van der Waals surface area contributed by atoms with E-state index in [1.807, 2.05) is 18.2 Å². The Morgan fingerprint density at radius 2 is 1.38 bits per heavy atom. The third kappa shape index (κ3) is 15.3. The molecule has 0 fully saturated rings. The van der Waals surface area contributed by atoms with Crippen molar-refractivity contribution in [3.05, 3.63) is 48.6 Å². The number of carboxylic acids is 1. The molecule has 0 spiro atoms. The molecule has 0 radical (unpaired) electrons. The van der Waals surface area contributed by atoms with Gasteiger partial charge in [-0.25, -0.2) is 4.79 Å². The number of unbranched alkanes of at least 4 members (excludes halogenated alkanes) is 4. The van der Waals surface area contributed by atoms with E-state index in [9.17, 15) is 15.0 Å². The molecule has 2 unspecified atom stereocenters. The smallest absolute Gasteiger partial charge is 0.328 e. The Bertz CT molecular complexity index is 421. The number of rotatable bonds is 14. The van der Waals surface area contributed by atoms with Gasteiger partial charge in [0.15, 0.2) is 0 Å². The largest absolute Gasteiger partial charge is 0.478 e. The van der Waals surface area contributed by atoms with Crippen molar-refractivity contribution in [1.82, 2.24) is 0 Å². The predicted octanol–water partition coefficient (Wildman–Crippen LogP) is 4.16. The zero-order valence-corrected chi connectivity index (χ0v) is 14.7. The molecule has 0 bridgehead atoms. The van der Waals surface area contributed by atoms with Crippen LogP contribution in [0.15, 0.2) is 48.6 Å². The number of aliphatic carboxylic acids is 1. The normalized spacial score (nSPS) is 15.1. The predicted molar refractivity (Wildman–Crippen MR) is 98.8 cm³/mol. The molecule has 0 saturated carbocycles. The average Bonchev–Trinajstić information content (AvgIpc) is 2.55. The van der Waals surface area contributed by atoms with E-state index in [4.69, 9.17) is 5.11 Å². The topological polar surface area (TPSA) is 77.8 Å². The van der Waals surface area contributed by atoms with E-state index in [1.54, 1.807) is 12.2 Å². The van der Waals surface area contributed by atoms with Crippen LogP contribution in [0.2, 0.25) is 0 Å². The second-order valence-corrected chi connectivity index (χ2v) is 5.81. The zero-order valence-electron chi connectivity index (χ0n) is 14.7. The van der Waals surface area contributed by atoms with Crippen LogP contribution < -0.4 is 0 Å². The van der Waals surface area contributed by atoms with Crippen LogP contribution in [0.5, 0.6) is 0 Å². The third-order valence-corrected chi connectivity index (χ3v) is 3.60. The molecule has 0 amide bonds. The summed E-state index contributed by atoms with van der Waals surface area (Å²) in [6.45, 7) is 2.12. The molecule has 0 aromatic rings. The Labute approximate surface area is 145 Å². The number of aliphatic hydroxyl groups is 2. The van der Waals surface area contributed by atoms with Crippen molar-refractivity contribution in [2.75, 3.05) is 0 Å². The highest BCUT2D eigenvalue weighted by Crippen LogP contribution is 2.12. The van der Waals surface area contributed by atoms with Crippen molar-refractivity contribution in [3.8, 4) is 0 Å². The first-order valence-corrected chi connectivity index (χ1v) is 8.83. The standard InChI is InChI=1S/C20H32O4/c1-2-3-12-15-18(21)19(22)16-13-10-8-6-4-5-7-9-11-14-17-20(23)24/h4-7,9,11,14,17-19,21-22H,2-3,8,10,12-13,15-16H2,1H3,(H,23,24)/b6-4+,7-5+,11-9+,17-14+. The van der Waals surface area contributed by atoms with Crippen LogP contribution in [0.3, 0.4) is 0 Å².